The van der Waals surface area contributed by atoms with Crippen molar-refractivity contribution in [3.8, 4) is 11.5 Å². The van der Waals surface area contributed by atoms with Crippen LogP contribution in [0.15, 0.2) is 60.2 Å². The fourth-order valence-electron chi connectivity index (χ4n) is 8.36. The van der Waals surface area contributed by atoms with Crippen molar-refractivity contribution in [1.29, 1.82) is 0 Å². The summed E-state index contributed by atoms with van der Waals surface area (Å²) >= 11 is 12.3. The third-order valence-corrected chi connectivity index (χ3v) is 11.3. The third kappa shape index (κ3) is 5.01. The second-order valence-electron chi connectivity index (χ2n) is 13.2. The van der Waals surface area contributed by atoms with Crippen LogP contribution in [-0.4, -0.2) is 52.9 Å². The van der Waals surface area contributed by atoms with Crippen LogP contribution in [0.25, 0.3) is 0 Å². The first kappa shape index (κ1) is 34.7. The number of amides is 4. The smallest absolute Gasteiger partial charge is 0.433 e. The number of anilines is 2. The number of allylic oxidation sites excluding steroid dienone is 2. The quantitative estimate of drug-likeness (QED) is 0.178. The highest BCUT2D eigenvalue weighted by Crippen LogP contribution is 2.65. The molecule has 2 saturated heterocycles. The van der Waals surface area contributed by atoms with Gasteiger partial charge in [0, 0.05) is 18.5 Å². The van der Waals surface area contributed by atoms with Crippen molar-refractivity contribution in [2.24, 2.45) is 29.1 Å². The van der Waals surface area contributed by atoms with Gasteiger partial charge >= 0.3 is 6.18 Å². The number of hydrazine groups is 1. The van der Waals surface area contributed by atoms with Gasteiger partial charge in [-0.25, -0.2) is 14.3 Å². The van der Waals surface area contributed by atoms with Gasteiger partial charge < -0.3 is 9.84 Å². The van der Waals surface area contributed by atoms with Crippen molar-refractivity contribution in [2.45, 2.75) is 31.9 Å². The minimum absolute atomic E-state index is 0.0105. The Morgan fingerprint density at radius 3 is 2.39 bits per heavy atom. The lowest BCUT2D eigenvalue weighted by molar-refractivity contribution is -0.141. The van der Waals surface area contributed by atoms with Crippen LogP contribution in [0.4, 0.5) is 29.1 Å². The molecule has 7 rings (SSSR count). The summed E-state index contributed by atoms with van der Waals surface area (Å²) in [5.41, 5.74) is -2.03. The molecule has 6 atom stereocenters. The SMILES string of the molecule is COc1cccc(C2C3=CCC4C(=O)N(N(C)c5nc(C(F)(F)F)ccc5Cl)C(=O)C4C3CC3C(=O)N(c4ccc(F)c(Cl)c4)C(=O)C32C)c1O. The second kappa shape index (κ2) is 11.9. The fourth-order valence-corrected chi connectivity index (χ4v) is 8.76. The molecule has 0 bridgehead atoms. The summed E-state index contributed by atoms with van der Waals surface area (Å²) in [6.07, 6.45) is -3.16. The molecule has 16 heteroatoms. The van der Waals surface area contributed by atoms with E-state index in [0.717, 1.165) is 33.1 Å². The molecular formula is C35H28Cl2F4N4O6. The van der Waals surface area contributed by atoms with Gasteiger partial charge in [0.1, 0.15) is 11.5 Å². The van der Waals surface area contributed by atoms with Crippen molar-refractivity contribution in [2.75, 3.05) is 24.1 Å². The maximum atomic E-state index is 14.6. The van der Waals surface area contributed by atoms with Gasteiger partial charge in [-0.2, -0.15) is 18.2 Å². The monoisotopic (exact) mass is 746 g/mol. The zero-order valence-corrected chi connectivity index (χ0v) is 28.6. The summed E-state index contributed by atoms with van der Waals surface area (Å²) < 4.78 is 60.2. The van der Waals surface area contributed by atoms with E-state index in [0.29, 0.717) is 11.6 Å². The Balaban J connectivity index is 1.34. The van der Waals surface area contributed by atoms with E-state index >= 15 is 0 Å². The molecule has 2 aromatic carbocycles. The molecule has 51 heavy (non-hydrogen) atoms. The van der Waals surface area contributed by atoms with E-state index in [4.69, 9.17) is 27.9 Å². The number of alkyl halides is 3. The highest BCUT2D eigenvalue weighted by molar-refractivity contribution is 6.33. The minimum atomic E-state index is -4.83. The number of methoxy groups -OCH3 is 1. The zero-order valence-electron chi connectivity index (χ0n) is 27.0. The van der Waals surface area contributed by atoms with Crippen molar-refractivity contribution < 1.29 is 46.6 Å². The van der Waals surface area contributed by atoms with Crippen LogP contribution >= 0.6 is 23.2 Å². The van der Waals surface area contributed by atoms with E-state index in [1.807, 2.05) is 0 Å². The third-order valence-electron chi connectivity index (χ3n) is 10.7. The summed E-state index contributed by atoms with van der Waals surface area (Å²) in [4.78, 5) is 61.7. The number of carbonyl (C=O) groups excluding carboxylic acids is 4. The number of aromatic hydroxyl groups is 1. The van der Waals surface area contributed by atoms with Gasteiger partial charge in [0.2, 0.25) is 11.8 Å². The molecule has 1 N–H and O–H groups in total. The van der Waals surface area contributed by atoms with E-state index in [-0.39, 0.29) is 45.6 Å². The zero-order chi connectivity index (χ0) is 36.9. The first-order valence-electron chi connectivity index (χ1n) is 15.8. The first-order chi connectivity index (χ1) is 24.0. The topological polar surface area (TPSA) is 120 Å². The number of phenols is 1. The van der Waals surface area contributed by atoms with Gasteiger partial charge in [-0.05, 0) is 62.1 Å². The largest absolute Gasteiger partial charge is 0.504 e. The van der Waals surface area contributed by atoms with E-state index in [1.54, 1.807) is 25.1 Å². The average Bonchev–Trinajstić information content (AvgIpc) is 3.45. The molecule has 3 aromatic rings. The number of fused-ring (bicyclic) bond motifs is 4. The van der Waals surface area contributed by atoms with E-state index in [9.17, 15) is 41.8 Å². The lowest BCUT2D eigenvalue weighted by Gasteiger charge is -2.49. The maximum absolute atomic E-state index is 14.6. The Kier molecular flexibility index (Phi) is 8.14. The number of carbonyl (C=O) groups is 4. The van der Waals surface area contributed by atoms with Crippen LogP contribution < -0.4 is 14.6 Å². The Morgan fingerprint density at radius 2 is 1.73 bits per heavy atom. The molecule has 4 aliphatic rings. The standard InChI is InChI=1S/C35H28Cl2F4N4O6/c1-34-20(31(48)44(33(34)50)15-7-11-23(38)22(37)13-15)14-19-16(27(34)18-5-4-6-24(51-3)28(18)46)8-9-17-26(19)32(49)45(30(17)47)43(2)29-21(36)10-12-25(42-29)35(39,40)41/h4-8,10-13,17,19-20,26-27,46H,9,14H2,1-3H3. The van der Waals surface area contributed by atoms with Gasteiger partial charge in [0.25, 0.3) is 11.8 Å². The molecular weight excluding hydrogens is 719 g/mol. The fraction of sp³-hybridized carbons (Fsp3) is 0.343. The number of halogens is 6. The van der Waals surface area contributed by atoms with Gasteiger partial charge in [-0.1, -0.05) is 47.0 Å². The van der Waals surface area contributed by atoms with Gasteiger partial charge in [0.15, 0.2) is 17.3 Å². The van der Waals surface area contributed by atoms with E-state index < -0.39 is 82.1 Å². The van der Waals surface area contributed by atoms with Crippen LogP contribution in [-0.2, 0) is 25.4 Å². The Bertz CT molecular complexity index is 2080. The number of phenolic OH excluding ortho intramolecular Hbond substituents is 1. The van der Waals surface area contributed by atoms with Crippen molar-refractivity contribution in [3.05, 3.63) is 87.3 Å². The summed E-state index contributed by atoms with van der Waals surface area (Å²) in [5, 5.41) is 12.5. The number of imide groups is 2. The number of hydrogen-bond donors (Lipinski definition) is 1. The number of benzene rings is 2. The summed E-state index contributed by atoms with van der Waals surface area (Å²) in [7, 11) is 2.55. The number of nitrogens with zero attached hydrogens (tertiary/aromatic N) is 4. The lowest BCUT2D eigenvalue weighted by Crippen LogP contribution is -2.49. The molecule has 2 aliphatic carbocycles. The Labute approximate surface area is 298 Å². The van der Waals surface area contributed by atoms with Crippen molar-refractivity contribution in [1.82, 2.24) is 9.99 Å². The van der Waals surface area contributed by atoms with Gasteiger partial charge in [-0.3, -0.25) is 24.2 Å². The molecule has 266 valence electrons. The molecule has 1 saturated carbocycles. The maximum Gasteiger partial charge on any atom is 0.433 e. The molecule has 3 heterocycles. The van der Waals surface area contributed by atoms with Crippen LogP contribution in [0.3, 0.4) is 0 Å². The summed E-state index contributed by atoms with van der Waals surface area (Å²) in [6, 6.07) is 9.78. The predicted molar refractivity (Wildman–Crippen MR) is 175 cm³/mol. The van der Waals surface area contributed by atoms with Crippen molar-refractivity contribution in [3.63, 3.8) is 0 Å². The van der Waals surface area contributed by atoms with Gasteiger partial charge in [-0.15, -0.1) is 0 Å². The molecule has 3 fully saturated rings. The highest BCUT2D eigenvalue weighted by Gasteiger charge is 2.68. The number of para-hydroxylation sites is 1. The van der Waals surface area contributed by atoms with Gasteiger partial charge in [0.05, 0.1) is 46.0 Å². The molecule has 10 nitrogen and oxygen atoms in total. The van der Waals surface area contributed by atoms with Crippen LogP contribution in [0.5, 0.6) is 11.5 Å². The number of ether oxygens (including phenoxy) is 1. The number of aromatic nitrogens is 1. The van der Waals surface area contributed by atoms with Crippen LogP contribution in [0, 0.1) is 34.9 Å². The second-order valence-corrected chi connectivity index (χ2v) is 14.0. The number of hydrogen-bond acceptors (Lipinski definition) is 8. The van der Waals surface area contributed by atoms with Crippen LogP contribution in [0.1, 0.15) is 36.9 Å². The molecule has 0 radical (unpaired) electrons. The molecule has 4 amide bonds. The average molecular weight is 748 g/mol. The number of rotatable bonds is 5. The van der Waals surface area contributed by atoms with E-state index in [1.165, 1.54) is 26.3 Å². The normalized spacial score (nSPS) is 27.3. The minimum Gasteiger partial charge on any atom is -0.504 e. The Hall–Kier alpha value is -4.69. The molecule has 2 aliphatic heterocycles. The molecule has 0 spiro atoms. The highest BCUT2D eigenvalue weighted by atomic mass is 35.5. The molecule has 1 aromatic heterocycles. The Morgan fingerprint density at radius 1 is 1.00 bits per heavy atom. The van der Waals surface area contributed by atoms with Crippen LogP contribution in [0.2, 0.25) is 10.0 Å². The summed E-state index contributed by atoms with van der Waals surface area (Å²) in [6.45, 7) is 1.60. The molecule has 6 unspecified atom stereocenters. The first-order valence-corrected chi connectivity index (χ1v) is 16.5. The lowest BCUT2D eigenvalue weighted by atomic mass is 9.51. The summed E-state index contributed by atoms with van der Waals surface area (Å²) in [5.74, 6) is -9.19. The van der Waals surface area contributed by atoms with Crippen molar-refractivity contribution >= 4 is 58.3 Å². The number of pyridine rings is 1. The predicted octanol–water partition coefficient (Wildman–Crippen LogP) is 6.54. The van der Waals surface area contributed by atoms with E-state index in [2.05, 4.69) is 4.98 Å².